The van der Waals surface area contributed by atoms with Gasteiger partial charge in [-0.25, -0.2) is 13.1 Å². The third-order valence-corrected chi connectivity index (χ3v) is 1.25. The Morgan fingerprint density at radius 2 is 2.00 bits per heavy atom. The van der Waals surface area contributed by atoms with E-state index in [2.05, 4.69) is 4.72 Å². The summed E-state index contributed by atoms with van der Waals surface area (Å²) in [5.41, 5.74) is 0. The highest BCUT2D eigenvalue weighted by Gasteiger charge is 2.22. The van der Waals surface area contributed by atoms with Crippen LogP contribution in [0.2, 0.25) is 0 Å². The molecule has 1 aliphatic rings. The first-order chi connectivity index (χ1) is 3.29. The fourth-order valence-electron chi connectivity index (χ4n) is 0.303. The van der Waals surface area contributed by atoms with Crippen LogP contribution >= 0.6 is 0 Å². The van der Waals surface area contributed by atoms with Gasteiger partial charge in [0.15, 0.2) is 0 Å². The molecule has 1 N–H and O–H groups in total. The van der Waals surface area contributed by atoms with Gasteiger partial charge in [0.25, 0.3) is 0 Å². The maximum absolute atomic E-state index is 9.75. The maximum atomic E-state index is 9.75. The van der Waals surface area contributed by atoms with Crippen LogP contribution in [0.25, 0.3) is 0 Å². The molecule has 0 amide bonds. The average Bonchev–Trinajstić information content (AvgIpc) is 2.17. The van der Waals surface area contributed by atoms with E-state index in [0.29, 0.717) is 0 Å². The number of rotatable bonds is 2. The topological polar surface area (TPSA) is 46.2 Å². The van der Waals surface area contributed by atoms with E-state index < -0.39 is 10.9 Å². The second-order valence-corrected chi connectivity index (χ2v) is 2.21. The Labute approximate surface area is 43.8 Å². The monoisotopic (exact) mass is 120 g/mol. The molecule has 0 aromatic carbocycles. The van der Waals surface area contributed by atoms with Crippen LogP contribution in [-0.4, -0.2) is 8.42 Å². The van der Waals surface area contributed by atoms with Gasteiger partial charge in [0, 0.05) is 0 Å². The summed E-state index contributed by atoms with van der Waals surface area (Å²) in [4.78, 5) is 0. The molecule has 41 valence electrons. The van der Waals surface area contributed by atoms with Crippen molar-refractivity contribution in [3.05, 3.63) is 6.04 Å². The number of thiol groups is 1. The van der Waals surface area contributed by atoms with Gasteiger partial charge in [0.1, 0.15) is 0 Å². The molecule has 0 unspecified atom stereocenters. The van der Waals surface area contributed by atoms with Crippen LogP contribution in [0.3, 0.4) is 0 Å². The minimum absolute atomic E-state index is 0.934. The van der Waals surface area contributed by atoms with Crippen LogP contribution in [0.5, 0.6) is 0 Å². The summed E-state index contributed by atoms with van der Waals surface area (Å²) in [7, 11) is -2.36. The zero-order valence-electron chi connectivity index (χ0n) is 3.68. The van der Waals surface area contributed by atoms with Crippen molar-refractivity contribution >= 4 is 10.9 Å². The molecule has 0 aromatic heterocycles. The number of hydrogen-bond acceptors (Lipinski definition) is 2. The summed E-state index contributed by atoms with van der Waals surface area (Å²) in [5.74, 6) is 0. The minimum Gasteiger partial charge on any atom is -0.215 e. The first-order valence-corrected chi connectivity index (χ1v) is 3.22. The zero-order valence-corrected chi connectivity index (χ0v) is 4.57. The largest absolute Gasteiger partial charge is 0.215 e. The lowest BCUT2D eigenvalue weighted by atomic mass is 10.8. The predicted molar refractivity (Wildman–Crippen MR) is 25.9 cm³/mol. The molecule has 1 saturated carbocycles. The van der Waals surface area contributed by atoms with Gasteiger partial charge in [-0.2, -0.15) is 0 Å². The summed E-state index contributed by atoms with van der Waals surface area (Å²) in [6.45, 7) is 0. The van der Waals surface area contributed by atoms with Crippen LogP contribution in [0.1, 0.15) is 12.8 Å². The number of hydrogen-bond donors (Lipinski definition) is 2. The van der Waals surface area contributed by atoms with Crippen LogP contribution in [-0.2, 0) is 10.9 Å². The molecule has 0 atom stereocenters. The number of nitrogens with one attached hydrogen (secondary N) is 1. The molecule has 1 aliphatic carbocycles. The summed E-state index contributed by atoms with van der Waals surface area (Å²) >= 11 is 0. The Balaban J connectivity index is 2.21. The highest BCUT2D eigenvalue weighted by molar-refractivity contribution is 7.70. The van der Waals surface area contributed by atoms with Crippen LogP contribution in [0, 0.1) is 6.04 Å². The Morgan fingerprint density at radius 1 is 1.43 bits per heavy atom. The minimum atomic E-state index is -2.36. The Kier molecular flexibility index (Phi) is 1.30. The molecular formula is C3H6NO2S. The van der Waals surface area contributed by atoms with Crippen molar-refractivity contribution in [2.45, 2.75) is 12.8 Å². The zero-order chi connectivity index (χ0) is 5.28. The molecule has 1 radical (unpaired) electrons. The third-order valence-electron chi connectivity index (χ3n) is 0.749. The normalized spacial score (nSPS) is 20.7. The van der Waals surface area contributed by atoms with E-state index >= 15 is 0 Å². The highest BCUT2D eigenvalue weighted by Crippen LogP contribution is 2.27. The van der Waals surface area contributed by atoms with Crippen molar-refractivity contribution in [2.75, 3.05) is 0 Å². The molecule has 0 aromatic rings. The SMILES string of the molecule is O=[SH](=O)N[C]1CC1. The van der Waals surface area contributed by atoms with E-state index in [4.69, 9.17) is 0 Å². The van der Waals surface area contributed by atoms with Crippen molar-refractivity contribution in [3.8, 4) is 0 Å². The van der Waals surface area contributed by atoms with Gasteiger partial charge in [-0.1, -0.05) is 0 Å². The predicted octanol–water partition coefficient (Wildman–Crippen LogP) is -0.572. The summed E-state index contributed by atoms with van der Waals surface area (Å²) in [5, 5.41) is 0. The molecule has 4 heteroatoms. The second-order valence-electron chi connectivity index (χ2n) is 1.47. The molecule has 0 aliphatic heterocycles. The lowest BCUT2D eigenvalue weighted by molar-refractivity contribution is 0.607. The van der Waals surface area contributed by atoms with Crippen molar-refractivity contribution in [3.63, 3.8) is 0 Å². The first-order valence-electron chi connectivity index (χ1n) is 2.05. The summed E-state index contributed by atoms with van der Waals surface area (Å²) in [6, 6.07) is 0.941. The fourth-order valence-corrected chi connectivity index (χ4v) is 0.785. The Morgan fingerprint density at radius 3 is 2.14 bits per heavy atom. The van der Waals surface area contributed by atoms with Crippen LogP contribution in [0.4, 0.5) is 0 Å². The van der Waals surface area contributed by atoms with Gasteiger partial charge >= 0.3 is 0 Å². The van der Waals surface area contributed by atoms with Gasteiger partial charge < -0.3 is 0 Å². The molecule has 1 fully saturated rings. The van der Waals surface area contributed by atoms with Gasteiger partial charge in [-0.05, 0) is 12.8 Å². The molecule has 1 rings (SSSR count). The van der Waals surface area contributed by atoms with Gasteiger partial charge in [-0.3, -0.25) is 0 Å². The Hall–Kier alpha value is -0.0900. The Bertz CT molecular complexity index is 119. The van der Waals surface area contributed by atoms with Crippen molar-refractivity contribution in [2.24, 2.45) is 0 Å². The van der Waals surface area contributed by atoms with Crippen LogP contribution < -0.4 is 4.72 Å². The van der Waals surface area contributed by atoms with Gasteiger partial charge in [0.2, 0.25) is 10.9 Å². The van der Waals surface area contributed by atoms with Crippen molar-refractivity contribution in [1.29, 1.82) is 0 Å². The molecule has 0 heterocycles. The fraction of sp³-hybridized carbons (Fsp3) is 0.667. The molecule has 0 bridgehead atoms. The molecule has 3 nitrogen and oxygen atoms in total. The van der Waals surface area contributed by atoms with Crippen molar-refractivity contribution < 1.29 is 8.42 Å². The molecule has 0 spiro atoms. The van der Waals surface area contributed by atoms with Crippen LogP contribution in [0.15, 0.2) is 0 Å². The lowest BCUT2D eigenvalue weighted by Crippen LogP contribution is -2.05. The summed E-state index contributed by atoms with van der Waals surface area (Å²) in [6.07, 6.45) is 1.87. The van der Waals surface area contributed by atoms with E-state index in [1.807, 2.05) is 0 Å². The van der Waals surface area contributed by atoms with Gasteiger partial charge in [0.05, 0.1) is 6.04 Å². The van der Waals surface area contributed by atoms with E-state index in [1.165, 1.54) is 0 Å². The summed E-state index contributed by atoms with van der Waals surface area (Å²) < 4.78 is 21.8. The molecular weight excluding hydrogens is 114 g/mol. The first kappa shape index (κ1) is 5.05. The van der Waals surface area contributed by atoms with Crippen molar-refractivity contribution in [1.82, 2.24) is 4.72 Å². The third kappa shape index (κ3) is 1.89. The van der Waals surface area contributed by atoms with Gasteiger partial charge in [-0.15, -0.1) is 0 Å². The quantitative estimate of drug-likeness (QED) is 0.479. The standard InChI is InChI=1S/C3H6NO2S/c5-7(6)4-3-1-2-3/h7H,1-2H2,(H,4,5,6). The molecule has 0 saturated heterocycles. The average molecular weight is 120 g/mol. The lowest BCUT2D eigenvalue weighted by Gasteiger charge is -1.81. The van der Waals surface area contributed by atoms with E-state index in [0.717, 1.165) is 18.9 Å². The van der Waals surface area contributed by atoms with E-state index in [-0.39, 0.29) is 0 Å². The van der Waals surface area contributed by atoms with E-state index in [1.54, 1.807) is 0 Å². The molecule has 7 heavy (non-hydrogen) atoms. The highest BCUT2D eigenvalue weighted by atomic mass is 32.2. The van der Waals surface area contributed by atoms with E-state index in [9.17, 15) is 8.42 Å². The smallest absolute Gasteiger partial charge is 0.201 e. The second kappa shape index (κ2) is 1.79. The maximum Gasteiger partial charge on any atom is 0.201 e.